The van der Waals surface area contributed by atoms with Gasteiger partial charge in [0.05, 0.1) is 11.6 Å². The number of amides is 1. The fraction of sp³-hybridized carbons (Fsp3) is 0.500. The number of carbonyl (C=O) groups is 1. The second-order valence-electron chi connectivity index (χ2n) is 5.33. The summed E-state index contributed by atoms with van der Waals surface area (Å²) in [6.45, 7) is 8.48. The number of aryl methyl sites for hydroxylation is 1. The van der Waals surface area contributed by atoms with Crippen LogP contribution < -0.4 is 10.1 Å². The average Bonchev–Trinajstić information content (AvgIpc) is 2.40. The van der Waals surface area contributed by atoms with Crippen LogP contribution in [0.1, 0.15) is 38.3 Å². The Morgan fingerprint density at radius 3 is 2.70 bits per heavy atom. The largest absolute Gasteiger partial charge is 0.481 e. The summed E-state index contributed by atoms with van der Waals surface area (Å²) in [6.07, 6.45) is 0.372. The monoisotopic (exact) mass is 274 g/mol. The Morgan fingerprint density at radius 2 is 2.10 bits per heavy atom. The van der Waals surface area contributed by atoms with E-state index in [4.69, 9.17) is 10.00 Å². The van der Waals surface area contributed by atoms with Crippen LogP contribution in [-0.4, -0.2) is 18.6 Å². The van der Waals surface area contributed by atoms with Crippen LogP contribution in [0.2, 0.25) is 0 Å². The van der Waals surface area contributed by atoms with E-state index in [0.29, 0.717) is 23.8 Å². The molecule has 1 unspecified atom stereocenters. The summed E-state index contributed by atoms with van der Waals surface area (Å²) in [5.41, 5.74) is 1.43. The highest BCUT2D eigenvalue weighted by Crippen LogP contribution is 2.20. The maximum atomic E-state index is 11.9. The van der Waals surface area contributed by atoms with Crippen molar-refractivity contribution in [2.24, 2.45) is 5.92 Å². The smallest absolute Gasteiger partial charge is 0.260 e. The molecular weight excluding hydrogens is 252 g/mol. The summed E-state index contributed by atoms with van der Waals surface area (Å²) in [5.74, 6) is 1.00. The van der Waals surface area contributed by atoms with Crippen molar-refractivity contribution in [2.75, 3.05) is 6.54 Å². The lowest BCUT2D eigenvalue weighted by molar-refractivity contribution is -0.127. The molecule has 0 bridgehead atoms. The van der Waals surface area contributed by atoms with Gasteiger partial charge < -0.3 is 10.1 Å². The van der Waals surface area contributed by atoms with E-state index in [9.17, 15) is 4.79 Å². The first kappa shape index (κ1) is 16.0. The van der Waals surface area contributed by atoms with E-state index in [2.05, 4.69) is 25.2 Å². The molecule has 0 aliphatic carbocycles. The molecule has 0 saturated heterocycles. The van der Waals surface area contributed by atoms with Crippen molar-refractivity contribution in [3.8, 4) is 11.8 Å². The lowest BCUT2D eigenvalue weighted by Crippen LogP contribution is -2.37. The molecule has 1 atom stereocenters. The standard InChI is InChI=1S/C16H22N2O2/c1-11(2)7-8-18-16(19)13(4)20-15-9-14(10-17)6-5-12(15)3/h5-6,9,11,13H,7-8H2,1-4H3,(H,18,19). The van der Waals surface area contributed by atoms with Gasteiger partial charge in [-0.05, 0) is 43.9 Å². The number of benzene rings is 1. The molecule has 4 heteroatoms. The Bertz CT molecular complexity index is 504. The van der Waals surface area contributed by atoms with E-state index in [1.54, 1.807) is 19.1 Å². The number of ether oxygens (including phenoxy) is 1. The van der Waals surface area contributed by atoms with Crippen molar-refractivity contribution in [3.63, 3.8) is 0 Å². The molecule has 1 amide bonds. The zero-order valence-corrected chi connectivity index (χ0v) is 12.6. The zero-order valence-electron chi connectivity index (χ0n) is 12.6. The highest BCUT2D eigenvalue weighted by Gasteiger charge is 2.15. The summed E-state index contributed by atoms with van der Waals surface area (Å²) < 4.78 is 5.64. The molecule has 20 heavy (non-hydrogen) atoms. The van der Waals surface area contributed by atoms with E-state index < -0.39 is 6.10 Å². The summed E-state index contributed by atoms with van der Waals surface area (Å²) in [6, 6.07) is 7.27. The van der Waals surface area contributed by atoms with Gasteiger partial charge in [0, 0.05) is 6.54 Å². The quantitative estimate of drug-likeness (QED) is 0.867. The summed E-state index contributed by atoms with van der Waals surface area (Å²) in [7, 11) is 0. The number of nitriles is 1. The van der Waals surface area contributed by atoms with E-state index in [1.165, 1.54) is 0 Å². The molecule has 4 nitrogen and oxygen atoms in total. The van der Waals surface area contributed by atoms with Crippen molar-refractivity contribution in [2.45, 2.75) is 40.2 Å². The molecule has 0 spiro atoms. The first-order valence-electron chi connectivity index (χ1n) is 6.89. The normalized spacial score (nSPS) is 11.8. The first-order valence-corrected chi connectivity index (χ1v) is 6.89. The van der Waals surface area contributed by atoms with Crippen LogP contribution in [0.5, 0.6) is 5.75 Å². The lowest BCUT2D eigenvalue weighted by atomic mass is 10.1. The van der Waals surface area contributed by atoms with Crippen LogP contribution in [0, 0.1) is 24.2 Å². The SMILES string of the molecule is Cc1ccc(C#N)cc1OC(C)C(=O)NCCC(C)C. The Morgan fingerprint density at radius 1 is 1.40 bits per heavy atom. The molecule has 0 aromatic heterocycles. The van der Waals surface area contributed by atoms with Gasteiger partial charge in [0.25, 0.3) is 5.91 Å². The molecule has 1 rings (SSSR count). The maximum absolute atomic E-state index is 11.9. The predicted molar refractivity (Wildman–Crippen MR) is 78.4 cm³/mol. The van der Waals surface area contributed by atoms with Crippen molar-refractivity contribution in [1.29, 1.82) is 5.26 Å². The van der Waals surface area contributed by atoms with Crippen molar-refractivity contribution < 1.29 is 9.53 Å². The van der Waals surface area contributed by atoms with Crippen LogP contribution in [0.4, 0.5) is 0 Å². The lowest BCUT2D eigenvalue weighted by Gasteiger charge is -2.16. The molecule has 0 saturated carbocycles. The van der Waals surface area contributed by atoms with Crippen LogP contribution >= 0.6 is 0 Å². The topological polar surface area (TPSA) is 62.1 Å². The van der Waals surface area contributed by atoms with Gasteiger partial charge in [0.1, 0.15) is 5.75 Å². The number of nitrogens with one attached hydrogen (secondary N) is 1. The fourth-order valence-electron chi connectivity index (χ4n) is 1.67. The van der Waals surface area contributed by atoms with E-state index in [0.717, 1.165) is 12.0 Å². The highest BCUT2D eigenvalue weighted by atomic mass is 16.5. The van der Waals surface area contributed by atoms with Gasteiger partial charge in [-0.25, -0.2) is 0 Å². The molecule has 0 aliphatic heterocycles. The summed E-state index contributed by atoms with van der Waals surface area (Å²) >= 11 is 0. The van der Waals surface area contributed by atoms with Gasteiger partial charge in [-0.1, -0.05) is 19.9 Å². The Hall–Kier alpha value is -2.02. The molecule has 1 aromatic rings. The Balaban J connectivity index is 2.59. The van der Waals surface area contributed by atoms with Crippen LogP contribution in [0.3, 0.4) is 0 Å². The minimum atomic E-state index is -0.574. The van der Waals surface area contributed by atoms with Gasteiger partial charge >= 0.3 is 0 Å². The molecule has 0 aliphatic rings. The number of nitrogens with zero attached hydrogens (tertiary/aromatic N) is 1. The van der Waals surface area contributed by atoms with Crippen molar-refractivity contribution in [1.82, 2.24) is 5.32 Å². The van der Waals surface area contributed by atoms with Gasteiger partial charge in [0.2, 0.25) is 0 Å². The van der Waals surface area contributed by atoms with Crippen LogP contribution in [0.15, 0.2) is 18.2 Å². The third-order valence-electron chi connectivity index (χ3n) is 3.01. The molecule has 0 radical (unpaired) electrons. The van der Waals surface area contributed by atoms with Crippen molar-refractivity contribution >= 4 is 5.91 Å². The zero-order chi connectivity index (χ0) is 15.1. The molecule has 1 N–H and O–H groups in total. The third-order valence-corrected chi connectivity index (χ3v) is 3.01. The Labute approximate surface area is 120 Å². The maximum Gasteiger partial charge on any atom is 0.260 e. The number of hydrogen-bond donors (Lipinski definition) is 1. The molecule has 108 valence electrons. The van der Waals surface area contributed by atoms with E-state index in [1.807, 2.05) is 13.0 Å². The van der Waals surface area contributed by atoms with Gasteiger partial charge in [-0.15, -0.1) is 0 Å². The Kier molecular flexibility index (Phi) is 6.05. The third kappa shape index (κ3) is 4.93. The van der Waals surface area contributed by atoms with Gasteiger partial charge in [-0.2, -0.15) is 5.26 Å². The molecular formula is C16H22N2O2. The average molecular weight is 274 g/mol. The molecule has 0 heterocycles. The number of hydrogen-bond acceptors (Lipinski definition) is 3. The van der Waals surface area contributed by atoms with Crippen molar-refractivity contribution in [3.05, 3.63) is 29.3 Å². The first-order chi connectivity index (χ1) is 9.43. The number of carbonyl (C=O) groups excluding carboxylic acids is 1. The van der Waals surface area contributed by atoms with Gasteiger partial charge in [-0.3, -0.25) is 4.79 Å². The van der Waals surface area contributed by atoms with Gasteiger partial charge in [0.15, 0.2) is 6.10 Å². The predicted octanol–water partition coefficient (Wildman–Crippen LogP) is 2.80. The van der Waals surface area contributed by atoms with Crippen LogP contribution in [0.25, 0.3) is 0 Å². The minimum Gasteiger partial charge on any atom is -0.481 e. The molecule has 1 aromatic carbocycles. The fourth-order valence-corrected chi connectivity index (χ4v) is 1.67. The second kappa shape index (κ2) is 7.54. The number of rotatable bonds is 6. The minimum absolute atomic E-state index is 0.132. The highest BCUT2D eigenvalue weighted by molar-refractivity contribution is 5.80. The van der Waals surface area contributed by atoms with E-state index >= 15 is 0 Å². The molecule has 0 fully saturated rings. The van der Waals surface area contributed by atoms with E-state index in [-0.39, 0.29) is 5.91 Å². The summed E-state index contributed by atoms with van der Waals surface area (Å²) in [5, 5.41) is 11.7. The summed E-state index contributed by atoms with van der Waals surface area (Å²) in [4.78, 5) is 11.9. The van der Waals surface area contributed by atoms with Crippen LogP contribution in [-0.2, 0) is 4.79 Å². The second-order valence-corrected chi connectivity index (χ2v) is 5.33.